The molecule has 2 heterocycles. The number of aromatic nitrogens is 3. The van der Waals surface area contributed by atoms with Crippen LogP contribution in [-0.2, 0) is 7.05 Å². The Kier molecular flexibility index (Phi) is 1.90. The highest BCUT2D eigenvalue weighted by molar-refractivity contribution is 5.87. The van der Waals surface area contributed by atoms with Crippen molar-refractivity contribution in [1.82, 2.24) is 14.8 Å². The number of pyridine rings is 1. The van der Waals surface area contributed by atoms with Crippen LogP contribution in [-0.4, -0.2) is 14.8 Å². The molecule has 2 aromatic heterocycles. The molecule has 0 saturated carbocycles. The fraction of sp³-hybridized carbons (Fsp3) is 0.125. The van der Waals surface area contributed by atoms with E-state index in [4.69, 9.17) is 5.84 Å². The molecule has 0 aliphatic heterocycles. The van der Waals surface area contributed by atoms with Crippen LogP contribution in [0.1, 0.15) is 0 Å². The van der Waals surface area contributed by atoms with Crippen LogP contribution in [0.3, 0.4) is 0 Å². The van der Waals surface area contributed by atoms with E-state index in [9.17, 15) is 4.79 Å². The van der Waals surface area contributed by atoms with Gasteiger partial charge in [-0.2, -0.15) is 5.10 Å². The van der Waals surface area contributed by atoms with Crippen molar-refractivity contribution in [3.63, 3.8) is 0 Å². The van der Waals surface area contributed by atoms with Gasteiger partial charge in [-0.15, -0.1) is 0 Å². The third kappa shape index (κ3) is 1.12. The molecular weight excluding hydrogens is 182 g/mol. The fourth-order valence-electron chi connectivity index (χ4n) is 1.28. The van der Waals surface area contributed by atoms with E-state index in [1.54, 1.807) is 25.4 Å². The molecule has 3 N–H and O–H groups in total. The normalized spacial score (nSPS) is 10.4. The number of nitrogen functional groups attached to an aromatic ring is 1. The van der Waals surface area contributed by atoms with E-state index in [1.807, 2.05) is 0 Å². The third-order valence-electron chi connectivity index (χ3n) is 1.95. The van der Waals surface area contributed by atoms with Crippen LogP contribution >= 0.6 is 0 Å². The molecule has 6 heteroatoms. The van der Waals surface area contributed by atoms with E-state index in [-0.39, 0.29) is 5.56 Å². The third-order valence-corrected chi connectivity index (χ3v) is 1.95. The van der Waals surface area contributed by atoms with Crippen LogP contribution < -0.4 is 16.8 Å². The summed E-state index contributed by atoms with van der Waals surface area (Å²) in [5.74, 6) is 5.72. The maximum atomic E-state index is 11.6. The predicted molar refractivity (Wildman–Crippen MR) is 52.6 cm³/mol. The minimum atomic E-state index is -0.236. The Hall–Kier alpha value is -1.95. The minimum Gasteiger partial charge on any atom is -0.306 e. The maximum absolute atomic E-state index is 11.6. The highest BCUT2D eigenvalue weighted by atomic mass is 16.1. The topological polar surface area (TPSA) is 85.8 Å². The maximum Gasteiger partial charge on any atom is 0.293 e. The van der Waals surface area contributed by atoms with Crippen LogP contribution in [0, 0.1) is 0 Å². The lowest BCUT2D eigenvalue weighted by Crippen LogP contribution is -2.23. The van der Waals surface area contributed by atoms with Gasteiger partial charge in [0.15, 0.2) is 5.82 Å². The van der Waals surface area contributed by atoms with E-state index in [0.29, 0.717) is 16.7 Å². The van der Waals surface area contributed by atoms with Crippen molar-refractivity contribution in [2.75, 3.05) is 5.43 Å². The number of anilines is 1. The van der Waals surface area contributed by atoms with Gasteiger partial charge in [-0.3, -0.25) is 9.78 Å². The Morgan fingerprint density at radius 2 is 2.36 bits per heavy atom. The summed E-state index contributed by atoms with van der Waals surface area (Å²) in [6, 6.07) is 3.47. The summed E-state index contributed by atoms with van der Waals surface area (Å²) in [6.07, 6.45) is 1.56. The molecule has 72 valence electrons. The number of nitrogens with two attached hydrogens (primary N) is 1. The van der Waals surface area contributed by atoms with E-state index < -0.39 is 0 Å². The molecule has 2 rings (SSSR count). The molecule has 0 atom stereocenters. The van der Waals surface area contributed by atoms with Crippen molar-refractivity contribution in [2.24, 2.45) is 12.9 Å². The molecule has 0 amide bonds. The van der Waals surface area contributed by atoms with Gasteiger partial charge < -0.3 is 5.43 Å². The first-order chi connectivity index (χ1) is 6.74. The predicted octanol–water partition coefficient (Wildman–Crippen LogP) is -0.386. The van der Waals surface area contributed by atoms with E-state index in [1.165, 1.54) is 4.68 Å². The number of rotatable bonds is 1. The lowest BCUT2D eigenvalue weighted by molar-refractivity contribution is 0.719. The molecule has 0 radical (unpaired) electrons. The standard InChI is InChI=1S/C8H9N5O/c1-13-8(14)6-5(3-2-4-10-6)7(11-9)12-13/h2-4H,9H2,1H3,(H,11,12). The SMILES string of the molecule is Cn1nc(NN)c2cccnc2c1=O. The van der Waals surface area contributed by atoms with Crippen LogP contribution in [0.25, 0.3) is 10.9 Å². The molecule has 0 bridgehead atoms. The minimum absolute atomic E-state index is 0.236. The average Bonchev–Trinajstić information content (AvgIpc) is 2.23. The van der Waals surface area contributed by atoms with Crippen LogP contribution in [0.5, 0.6) is 0 Å². The van der Waals surface area contributed by atoms with Crippen molar-refractivity contribution in [3.8, 4) is 0 Å². The highest BCUT2D eigenvalue weighted by Crippen LogP contribution is 2.13. The first kappa shape index (κ1) is 8.64. The zero-order valence-corrected chi connectivity index (χ0v) is 7.56. The molecule has 0 unspecified atom stereocenters. The Bertz CT molecular complexity index is 533. The molecule has 0 aliphatic rings. The molecule has 6 nitrogen and oxygen atoms in total. The summed E-state index contributed by atoms with van der Waals surface area (Å²) in [7, 11) is 1.55. The monoisotopic (exact) mass is 191 g/mol. The Morgan fingerprint density at radius 3 is 3.07 bits per heavy atom. The van der Waals surface area contributed by atoms with Crippen LogP contribution in [0.2, 0.25) is 0 Å². The molecule has 0 aliphatic carbocycles. The highest BCUT2D eigenvalue weighted by Gasteiger charge is 2.07. The van der Waals surface area contributed by atoms with Gasteiger partial charge in [0.05, 0.1) is 5.39 Å². The zero-order valence-electron chi connectivity index (χ0n) is 7.56. The van der Waals surface area contributed by atoms with E-state index in [0.717, 1.165) is 0 Å². The summed E-state index contributed by atoms with van der Waals surface area (Å²) in [5.41, 5.74) is 2.55. The van der Waals surface area contributed by atoms with Crippen LogP contribution in [0.4, 0.5) is 5.82 Å². The number of hydrogen-bond donors (Lipinski definition) is 2. The fourth-order valence-corrected chi connectivity index (χ4v) is 1.28. The summed E-state index contributed by atoms with van der Waals surface area (Å²) in [6.45, 7) is 0. The number of nitrogens with zero attached hydrogens (tertiary/aromatic N) is 3. The average molecular weight is 191 g/mol. The van der Waals surface area contributed by atoms with Gasteiger partial charge >= 0.3 is 0 Å². The number of nitrogens with one attached hydrogen (secondary N) is 1. The number of aryl methyl sites for hydroxylation is 1. The second-order valence-electron chi connectivity index (χ2n) is 2.82. The van der Waals surface area contributed by atoms with Crippen molar-refractivity contribution in [1.29, 1.82) is 0 Å². The van der Waals surface area contributed by atoms with Crippen molar-refractivity contribution in [3.05, 3.63) is 28.7 Å². The van der Waals surface area contributed by atoms with Gasteiger partial charge in [0, 0.05) is 13.2 Å². The molecule has 2 aromatic rings. The Balaban J connectivity index is 2.97. The second kappa shape index (κ2) is 3.08. The van der Waals surface area contributed by atoms with Crippen molar-refractivity contribution in [2.45, 2.75) is 0 Å². The van der Waals surface area contributed by atoms with Gasteiger partial charge in [-0.05, 0) is 12.1 Å². The smallest absolute Gasteiger partial charge is 0.293 e. The Morgan fingerprint density at radius 1 is 1.57 bits per heavy atom. The lowest BCUT2D eigenvalue weighted by Gasteiger charge is -2.05. The molecule has 0 saturated heterocycles. The quantitative estimate of drug-likeness (QED) is 0.473. The lowest BCUT2D eigenvalue weighted by atomic mass is 10.3. The van der Waals surface area contributed by atoms with Gasteiger partial charge in [-0.25, -0.2) is 10.5 Å². The summed E-state index contributed by atoms with van der Waals surface area (Å²) < 4.78 is 1.20. The number of fused-ring (bicyclic) bond motifs is 1. The first-order valence-corrected chi connectivity index (χ1v) is 4.02. The van der Waals surface area contributed by atoms with Gasteiger partial charge in [-0.1, -0.05) is 0 Å². The summed E-state index contributed by atoms with van der Waals surface area (Å²) in [4.78, 5) is 15.5. The van der Waals surface area contributed by atoms with Crippen LogP contribution in [0.15, 0.2) is 23.1 Å². The molecular formula is C8H9N5O. The largest absolute Gasteiger partial charge is 0.306 e. The van der Waals surface area contributed by atoms with Gasteiger partial charge in [0.1, 0.15) is 5.52 Å². The number of hydrogen-bond acceptors (Lipinski definition) is 5. The van der Waals surface area contributed by atoms with Gasteiger partial charge in [0.2, 0.25) is 0 Å². The molecule has 14 heavy (non-hydrogen) atoms. The van der Waals surface area contributed by atoms with Gasteiger partial charge in [0.25, 0.3) is 5.56 Å². The summed E-state index contributed by atoms with van der Waals surface area (Å²) in [5, 5.41) is 4.57. The zero-order chi connectivity index (χ0) is 10.1. The number of hydrazine groups is 1. The van der Waals surface area contributed by atoms with E-state index in [2.05, 4.69) is 15.5 Å². The molecule has 0 aromatic carbocycles. The van der Waals surface area contributed by atoms with Crippen molar-refractivity contribution < 1.29 is 0 Å². The van der Waals surface area contributed by atoms with Crippen molar-refractivity contribution >= 4 is 16.7 Å². The molecule has 0 fully saturated rings. The first-order valence-electron chi connectivity index (χ1n) is 4.02. The van der Waals surface area contributed by atoms with E-state index >= 15 is 0 Å². The summed E-state index contributed by atoms with van der Waals surface area (Å²) >= 11 is 0. The molecule has 0 spiro atoms. The Labute approximate surface area is 79.3 Å². The second-order valence-corrected chi connectivity index (χ2v) is 2.82.